The summed E-state index contributed by atoms with van der Waals surface area (Å²) in [5.74, 6) is 0.599. The van der Waals surface area contributed by atoms with Gasteiger partial charge < -0.3 is 10.1 Å². The van der Waals surface area contributed by atoms with E-state index in [2.05, 4.69) is 5.32 Å². The number of rotatable bonds is 3. The molecule has 0 unspecified atom stereocenters. The number of nitrogens with zero attached hydrogens (tertiary/aromatic N) is 1. The third kappa shape index (κ3) is 3.59. The summed E-state index contributed by atoms with van der Waals surface area (Å²) >= 11 is 6.10. The number of hydrogen-bond acceptors (Lipinski definition) is 3. The molecule has 0 radical (unpaired) electrons. The average Bonchev–Trinajstić information content (AvgIpc) is 2.91. The maximum absolute atomic E-state index is 13.1. The summed E-state index contributed by atoms with van der Waals surface area (Å²) in [5.41, 5.74) is 4.08. The number of ether oxygens (including phenoxy) is 1. The molecule has 4 rings (SSSR count). The third-order valence-electron chi connectivity index (χ3n) is 5.23. The Kier molecular flexibility index (Phi) is 4.68. The van der Waals surface area contributed by atoms with Gasteiger partial charge in [-0.2, -0.15) is 0 Å². The molecule has 2 heterocycles. The van der Waals surface area contributed by atoms with Crippen LogP contribution in [0.25, 0.3) is 0 Å². The number of para-hydroxylation sites is 1. The highest BCUT2D eigenvalue weighted by atomic mass is 35.5. The minimum atomic E-state index is -0.573. The van der Waals surface area contributed by atoms with Crippen molar-refractivity contribution in [2.75, 3.05) is 6.61 Å². The molecule has 0 atom stereocenters. The zero-order valence-corrected chi connectivity index (χ0v) is 16.4. The summed E-state index contributed by atoms with van der Waals surface area (Å²) in [4.78, 5) is 17.8. The Bertz CT molecular complexity index is 934. The number of aryl methyl sites for hydroxylation is 1. The number of hydrogen-bond donors (Lipinski definition) is 1. The maximum Gasteiger partial charge on any atom is 0.255 e. The molecule has 2 aliphatic heterocycles. The van der Waals surface area contributed by atoms with Crippen molar-refractivity contribution in [1.29, 1.82) is 0 Å². The molecule has 2 aliphatic rings. The van der Waals surface area contributed by atoms with E-state index in [1.54, 1.807) is 0 Å². The van der Waals surface area contributed by atoms with Gasteiger partial charge in [-0.1, -0.05) is 23.7 Å². The van der Waals surface area contributed by atoms with Crippen LogP contribution in [-0.2, 0) is 12.8 Å². The molecule has 0 aliphatic carbocycles. The van der Waals surface area contributed by atoms with Crippen LogP contribution < -0.4 is 10.1 Å². The van der Waals surface area contributed by atoms with E-state index >= 15 is 0 Å². The molecule has 0 aromatic heterocycles. The summed E-state index contributed by atoms with van der Waals surface area (Å²) in [7, 11) is 0. The summed E-state index contributed by atoms with van der Waals surface area (Å²) in [6.07, 6.45) is 3.73. The van der Waals surface area contributed by atoms with Gasteiger partial charge in [0.2, 0.25) is 0 Å². The third-order valence-corrected chi connectivity index (χ3v) is 5.47. The summed E-state index contributed by atoms with van der Waals surface area (Å²) in [6.45, 7) is 4.63. The zero-order valence-electron chi connectivity index (χ0n) is 15.6. The molecule has 0 bridgehead atoms. The standard InChI is InChI=1S/C22H23ClN2O2/c1-22(2,19-13-15-12-16(23)9-10-18(15)24-19)25-21(26)17-8-5-7-14-6-3-4-11-27-20(14)17/h5,7-10,12H,3-4,6,11,13H2,1-2H3,(H,25,26). The van der Waals surface area contributed by atoms with Crippen molar-refractivity contribution in [3.8, 4) is 5.75 Å². The SMILES string of the molecule is CC(C)(NC(=O)c1cccc2c1OCCCC2)C1=Nc2ccc(Cl)cc2C1. The normalized spacial score (nSPS) is 15.9. The smallest absolute Gasteiger partial charge is 0.255 e. The summed E-state index contributed by atoms with van der Waals surface area (Å²) in [5, 5.41) is 3.86. The predicted octanol–water partition coefficient (Wildman–Crippen LogP) is 4.89. The monoisotopic (exact) mass is 382 g/mol. The van der Waals surface area contributed by atoms with Gasteiger partial charge in [0.1, 0.15) is 5.75 Å². The lowest BCUT2D eigenvalue weighted by Gasteiger charge is -2.27. The first kappa shape index (κ1) is 18.1. The topological polar surface area (TPSA) is 50.7 Å². The molecule has 27 heavy (non-hydrogen) atoms. The van der Waals surface area contributed by atoms with Gasteiger partial charge in [0.05, 0.1) is 23.4 Å². The van der Waals surface area contributed by atoms with Crippen molar-refractivity contribution in [2.24, 2.45) is 4.99 Å². The number of fused-ring (bicyclic) bond motifs is 2. The van der Waals surface area contributed by atoms with E-state index in [1.807, 2.05) is 50.2 Å². The Hall–Kier alpha value is -2.33. The van der Waals surface area contributed by atoms with Crippen LogP contribution in [0.1, 0.15) is 48.2 Å². The predicted molar refractivity (Wildman–Crippen MR) is 109 cm³/mol. The van der Waals surface area contributed by atoms with Crippen molar-refractivity contribution in [2.45, 2.75) is 45.1 Å². The Balaban J connectivity index is 1.57. The van der Waals surface area contributed by atoms with E-state index in [0.29, 0.717) is 23.6 Å². The quantitative estimate of drug-likeness (QED) is 0.821. The first-order valence-corrected chi connectivity index (χ1v) is 9.75. The second kappa shape index (κ2) is 7.01. The highest BCUT2D eigenvalue weighted by molar-refractivity contribution is 6.30. The Morgan fingerprint density at radius 1 is 1.19 bits per heavy atom. The molecular weight excluding hydrogens is 360 g/mol. The lowest BCUT2D eigenvalue weighted by Crippen LogP contribution is -2.50. The van der Waals surface area contributed by atoms with Crippen LogP contribution in [0.15, 0.2) is 41.4 Å². The fraction of sp³-hybridized carbons (Fsp3) is 0.364. The van der Waals surface area contributed by atoms with Gasteiger partial charge in [-0.25, -0.2) is 0 Å². The highest BCUT2D eigenvalue weighted by Gasteiger charge is 2.32. The summed E-state index contributed by atoms with van der Waals surface area (Å²) < 4.78 is 5.90. The van der Waals surface area contributed by atoms with Gasteiger partial charge in [0.25, 0.3) is 5.91 Å². The van der Waals surface area contributed by atoms with Crippen LogP contribution in [0, 0.1) is 0 Å². The number of benzene rings is 2. The number of carbonyl (C=O) groups excluding carboxylic acids is 1. The fourth-order valence-corrected chi connectivity index (χ4v) is 3.87. The van der Waals surface area contributed by atoms with Crippen molar-refractivity contribution < 1.29 is 9.53 Å². The molecule has 0 saturated heterocycles. The summed E-state index contributed by atoms with van der Waals surface area (Å²) in [6, 6.07) is 11.5. The molecule has 4 nitrogen and oxygen atoms in total. The molecule has 0 spiro atoms. The van der Waals surface area contributed by atoms with Gasteiger partial charge in [0.15, 0.2) is 0 Å². The first-order valence-electron chi connectivity index (χ1n) is 9.38. The molecule has 140 valence electrons. The largest absolute Gasteiger partial charge is 0.492 e. The molecule has 5 heteroatoms. The first-order chi connectivity index (χ1) is 12.9. The van der Waals surface area contributed by atoms with Crippen LogP contribution in [-0.4, -0.2) is 23.8 Å². The molecule has 0 saturated carbocycles. The average molecular weight is 383 g/mol. The maximum atomic E-state index is 13.1. The lowest BCUT2D eigenvalue weighted by atomic mass is 9.93. The van der Waals surface area contributed by atoms with E-state index in [4.69, 9.17) is 21.3 Å². The second-order valence-corrected chi connectivity index (χ2v) is 8.12. The number of carbonyl (C=O) groups is 1. The zero-order chi connectivity index (χ0) is 19.0. The molecule has 0 fully saturated rings. The molecule has 2 aromatic rings. The van der Waals surface area contributed by atoms with E-state index in [1.165, 1.54) is 0 Å². The van der Waals surface area contributed by atoms with E-state index in [0.717, 1.165) is 47.5 Å². The van der Waals surface area contributed by atoms with Gasteiger partial charge >= 0.3 is 0 Å². The van der Waals surface area contributed by atoms with Crippen molar-refractivity contribution >= 4 is 28.9 Å². The Labute approximate surface area is 164 Å². The van der Waals surface area contributed by atoms with Crippen LogP contribution in [0.2, 0.25) is 5.02 Å². The Morgan fingerprint density at radius 2 is 2.04 bits per heavy atom. The number of amides is 1. The molecular formula is C22H23ClN2O2. The number of halogens is 1. The minimum absolute atomic E-state index is 0.129. The van der Waals surface area contributed by atoms with Crippen LogP contribution in [0.3, 0.4) is 0 Å². The van der Waals surface area contributed by atoms with Crippen molar-refractivity contribution in [1.82, 2.24) is 5.32 Å². The van der Waals surface area contributed by atoms with Crippen LogP contribution in [0.4, 0.5) is 5.69 Å². The molecule has 1 amide bonds. The van der Waals surface area contributed by atoms with Crippen molar-refractivity contribution in [3.05, 3.63) is 58.1 Å². The minimum Gasteiger partial charge on any atom is -0.492 e. The van der Waals surface area contributed by atoms with Gasteiger partial charge in [-0.05, 0) is 68.5 Å². The van der Waals surface area contributed by atoms with E-state index in [9.17, 15) is 4.79 Å². The lowest BCUT2D eigenvalue weighted by molar-refractivity contribution is 0.0927. The fourth-order valence-electron chi connectivity index (χ4n) is 3.68. The Morgan fingerprint density at radius 3 is 2.89 bits per heavy atom. The van der Waals surface area contributed by atoms with Crippen LogP contribution in [0.5, 0.6) is 5.75 Å². The van der Waals surface area contributed by atoms with Crippen LogP contribution >= 0.6 is 11.6 Å². The van der Waals surface area contributed by atoms with Crippen molar-refractivity contribution in [3.63, 3.8) is 0 Å². The van der Waals surface area contributed by atoms with Gasteiger partial charge in [-0.15, -0.1) is 0 Å². The molecule has 1 N–H and O–H groups in total. The van der Waals surface area contributed by atoms with Gasteiger partial charge in [-0.3, -0.25) is 9.79 Å². The highest BCUT2D eigenvalue weighted by Crippen LogP contribution is 2.33. The second-order valence-electron chi connectivity index (χ2n) is 7.69. The van der Waals surface area contributed by atoms with E-state index in [-0.39, 0.29) is 5.91 Å². The number of aliphatic imine (C=N–C) groups is 1. The van der Waals surface area contributed by atoms with Gasteiger partial charge in [0, 0.05) is 17.2 Å². The van der Waals surface area contributed by atoms with E-state index < -0.39 is 5.54 Å². The molecule has 2 aromatic carbocycles. The number of nitrogens with one attached hydrogen (secondary N) is 1.